The van der Waals surface area contributed by atoms with Gasteiger partial charge in [0.05, 0.1) is 4.70 Å². The van der Waals surface area contributed by atoms with Crippen molar-refractivity contribution in [2.24, 2.45) is 0 Å². The zero-order chi connectivity index (χ0) is 10.3. The van der Waals surface area contributed by atoms with E-state index in [-0.39, 0.29) is 5.56 Å². The van der Waals surface area contributed by atoms with Crippen LogP contribution in [0.5, 0.6) is 0 Å². The van der Waals surface area contributed by atoms with E-state index in [1.54, 1.807) is 24.4 Å². The van der Waals surface area contributed by atoms with Gasteiger partial charge in [0.1, 0.15) is 11.4 Å². The average Bonchev–Trinajstić information content (AvgIpc) is 2.52. The van der Waals surface area contributed by atoms with E-state index in [0.29, 0.717) is 10.3 Å². The van der Waals surface area contributed by atoms with Gasteiger partial charge in [-0.25, -0.2) is 9.18 Å². The van der Waals surface area contributed by atoms with E-state index in [0.717, 1.165) is 5.39 Å². The lowest BCUT2D eigenvalue weighted by molar-refractivity contribution is 0.0694. The molecule has 2 aromatic rings. The Morgan fingerprint density at radius 3 is 2.93 bits per heavy atom. The fourth-order valence-electron chi connectivity index (χ4n) is 1.42. The Balaban J connectivity index is 2.93. The molecule has 1 heterocycles. The maximum atomic E-state index is 13.5. The van der Waals surface area contributed by atoms with Gasteiger partial charge in [0.15, 0.2) is 0 Å². The molecule has 0 atom stereocenters. The molecule has 0 bridgehead atoms. The molecule has 0 saturated carbocycles. The summed E-state index contributed by atoms with van der Waals surface area (Å²) in [5.74, 6) is -1.84. The van der Waals surface area contributed by atoms with Crippen molar-refractivity contribution in [3.8, 4) is 0 Å². The molecular formula is C10H7FO2S. The zero-order valence-corrected chi connectivity index (χ0v) is 8.19. The number of carboxylic acids is 1. The van der Waals surface area contributed by atoms with Crippen molar-refractivity contribution >= 4 is 27.4 Å². The Labute approximate surface area is 83.6 Å². The lowest BCUT2D eigenvalue weighted by atomic mass is 10.1. The maximum Gasteiger partial charge on any atom is 0.340 e. The van der Waals surface area contributed by atoms with E-state index in [1.807, 2.05) is 0 Å². The second-order valence-electron chi connectivity index (χ2n) is 3.03. The van der Waals surface area contributed by atoms with Crippen LogP contribution in [0.25, 0.3) is 10.1 Å². The van der Waals surface area contributed by atoms with E-state index in [2.05, 4.69) is 0 Å². The highest BCUT2D eigenvalue weighted by Crippen LogP contribution is 2.29. The summed E-state index contributed by atoms with van der Waals surface area (Å²) >= 11 is 1.24. The number of carboxylic acid groups (broad SMARTS) is 1. The summed E-state index contributed by atoms with van der Waals surface area (Å²) < 4.78 is 14.0. The molecule has 2 rings (SSSR count). The maximum absolute atomic E-state index is 13.5. The first-order valence-electron chi connectivity index (χ1n) is 4.01. The Morgan fingerprint density at radius 2 is 2.29 bits per heavy atom. The van der Waals surface area contributed by atoms with E-state index in [1.165, 1.54) is 11.3 Å². The quantitative estimate of drug-likeness (QED) is 0.785. The minimum Gasteiger partial charge on any atom is -0.478 e. The highest BCUT2D eigenvalue weighted by molar-refractivity contribution is 7.17. The van der Waals surface area contributed by atoms with Crippen molar-refractivity contribution in [1.29, 1.82) is 0 Å². The zero-order valence-electron chi connectivity index (χ0n) is 7.37. The fraction of sp³-hybridized carbons (Fsp3) is 0.100. The molecule has 2 nitrogen and oxygen atoms in total. The first kappa shape index (κ1) is 9.15. The summed E-state index contributed by atoms with van der Waals surface area (Å²) in [6.45, 7) is 1.57. The number of aromatic carboxylic acids is 1. The van der Waals surface area contributed by atoms with Crippen molar-refractivity contribution < 1.29 is 14.3 Å². The summed E-state index contributed by atoms with van der Waals surface area (Å²) in [4.78, 5) is 10.9. The standard InChI is InChI=1S/C10H7FO2S/c1-5-4-6-2-3-14-9(6)7(8(5)11)10(12)13/h2-4H,1H3,(H,12,13). The van der Waals surface area contributed by atoms with Crippen molar-refractivity contribution in [2.75, 3.05) is 0 Å². The molecule has 4 heteroatoms. The number of aryl methyl sites for hydroxylation is 1. The van der Waals surface area contributed by atoms with Crippen molar-refractivity contribution in [3.63, 3.8) is 0 Å². The van der Waals surface area contributed by atoms with Gasteiger partial charge in [0, 0.05) is 0 Å². The summed E-state index contributed by atoms with van der Waals surface area (Å²) in [5.41, 5.74) is 0.156. The van der Waals surface area contributed by atoms with Crippen LogP contribution in [0.1, 0.15) is 15.9 Å². The third kappa shape index (κ3) is 1.19. The number of fused-ring (bicyclic) bond motifs is 1. The number of thiophene rings is 1. The van der Waals surface area contributed by atoms with Crippen LogP contribution in [0.4, 0.5) is 4.39 Å². The molecular weight excluding hydrogens is 203 g/mol. The molecule has 0 unspecified atom stereocenters. The van der Waals surface area contributed by atoms with Crippen molar-refractivity contribution in [2.45, 2.75) is 6.92 Å². The first-order valence-corrected chi connectivity index (χ1v) is 4.89. The Kier molecular flexibility index (Phi) is 2.00. The first-order chi connectivity index (χ1) is 6.61. The van der Waals surface area contributed by atoms with Gasteiger partial charge in [-0.2, -0.15) is 0 Å². The molecule has 0 spiro atoms. The normalized spacial score (nSPS) is 10.7. The Morgan fingerprint density at radius 1 is 1.57 bits per heavy atom. The SMILES string of the molecule is Cc1cc2ccsc2c(C(=O)O)c1F. The molecule has 1 N–H and O–H groups in total. The van der Waals surface area contributed by atoms with Gasteiger partial charge >= 0.3 is 5.97 Å². The smallest absolute Gasteiger partial charge is 0.340 e. The number of rotatable bonds is 1. The third-order valence-electron chi connectivity index (χ3n) is 2.07. The van der Waals surface area contributed by atoms with Gasteiger partial charge in [0.2, 0.25) is 0 Å². The second-order valence-corrected chi connectivity index (χ2v) is 3.94. The predicted molar refractivity (Wildman–Crippen MR) is 53.5 cm³/mol. The molecule has 0 saturated heterocycles. The summed E-state index contributed by atoms with van der Waals surface area (Å²) in [6.07, 6.45) is 0. The fourth-order valence-corrected chi connectivity index (χ4v) is 2.33. The Hall–Kier alpha value is -1.42. The highest BCUT2D eigenvalue weighted by atomic mass is 32.1. The molecule has 0 aliphatic carbocycles. The summed E-state index contributed by atoms with van der Waals surface area (Å²) in [6, 6.07) is 3.45. The largest absolute Gasteiger partial charge is 0.478 e. The molecule has 0 fully saturated rings. The molecule has 14 heavy (non-hydrogen) atoms. The lowest BCUT2D eigenvalue weighted by Crippen LogP contribution is -2.02. The molecule has 0 radical (unpaired) electrons. The topological polar surface area (TPSA) is 37.3 Å². The number of halogens is 1. The van der Waals surface area contributed by atoms with Crippen LogP contribution in [-0.4, -0.2) is 11.1 Å². The monoisotopic (exact) mass is 210 g/mol. The minimum atomic E-state index is -1.21. The second kappa shape index (κ2) is 3.06. The van der Waals surface area contributed by atoms with Gasteiger partial charge in [-0.15, -0.1) is 11.3 Å². The van der Waals surface area contributed by atoms with E-state index < -0.39 is 11.8 Å². The van der Waals surface area contributed by atoms with E-state index in [4.69, 9.17) is 5.11 Å². The molecule has 0 amide bonds. The van der Waals surface area contributed by atoms with Gasteiger partial charge in [-0.05, 0) is 35.4 Å². The van der Waals surface area contributed by atoms with E-state index in [9.17, 15) is 9.18 Å². The minimum absolute atomic E-state index is 0.213. The molecule has 0 aliphatic rings. The van der Waals surface area contributed by atoms with E-state index >= 15 is 0 Å². The highest BCUT2D eigenvalue weighted by Gasteiger charge is 2.17. The lowest BCUT2D eigenvalue weighted by Gasteiger charge is -2.02. The molecule has 0 aliphatic heterocycles. The summed E-state index contributed by atoms with van der Waals surface area (Å²) in [7, 11) is 0. The molecule has 72 valence electrons. The number of hydrogen-bond acceptors (Lipinski definition) is 2. The Bertz CT molecular complexity index is 516. The number of hydrogen-bond donors (Lipinski definition) is 1. The average molecular weight is 210 g/mol. The van der Waals surface area contributed by atoms with Gasteiger partial charge in [-0.3, -0.25) is 0 Å². The number of carbonyl (C=O) groups is 1. The van der Waals surface area contributed by atoms with Crippen LogP contribution in [0.15, 0.2) is 17.5 Å². The molecule has 1 aromatic carbocycles. The number of benzene rings is 1. The van der Waals surface area contributed by atoms with Crippen LogP contribution in [0, 0.1) is 12.7 Å². The van der Waals surface area contributed by atoms with Crippen LogP contribution in [0.2, 0.25) is 0 Å². The van der Waals surface area contributed by atoms with Crippen molar-refractivity contribution in [3.05, 3.63) is 34.5 Å². The van der Waals surface area contributed by atoms with Crippen LogP contribution < -0.4 is 0 Å². The van der Waals surface area contributed by atoms with Gasteiger partial charge in [-0.1, -0.05) is 0 Å². The third-order valence-corrected chi connectivity index (χ3v) is 3.02. The predicted octanol–water partition coefficient (Wildman–Crippen LogP) is 3.05. The van der Waals surface area contributed by atoms with Gasteiger partial charge in [0.25, 0.3) is 0 Å². The summed E-state index contributed by atoms with van der Waals surface area (Å²) in [5, 5.41) is 11.4. The van der Waals surface area contributed by atoms with Crippen LogP contribution in [0.3, 0.4) is 0 Å². The van der Waals surface area contributed by atoms with Crippen molar-refractivity contribution in [1.82, 2.24) is 0 Å². The van der Waals surface area contributed by atoms with Gasteiger partial charge < -0.3 is 5.11 Å². The molecule has 1 aromatic heterocycles. The van der Waals surface area contributed by atoms with Crippen LogP contribution >= 0.6 is 11.3 Å². The van der Waals surface area contributed by atoms with Crippen LogP contribution in [-0.2, 0) is 0 Å².